The monoisotopic (exact) mass is 379 g/mol. The Hall–Kier alpha value is -2.57. The Morgan fingerprint density at radius 3 is 2.89 bits per heavy atom. The maximum atomic E-state index is 13.1. The Balaban J connectivity index is 0.00000180. The van der Waals surface area contributed by atoms with E-state index in [0.717, 1.165) is 27.0 Å². The lowest BCUT2D eigenvalue weighted by molar-refractivity contribution is 0.0602. The molecular formula is C21H21N3O2S. The fraction of sp³-hybridized carbons (Fsp3) is 0.286. The summed E-state index contributed by atoms with van der Waals surface area (Å²) >= 11 is 1.51. The van der Waals surface area contributed by atoms with Crippen LogP contribution in [0, 0.1) is 13.8 Å². The van der Waals surface area contributed by atoms with E-state index in [4.69, 9.17) is 4.99 Å². The van der Waals surface area contributed by atoms with E-state index in [9.17, 15) is 9.90 Å². The molecule has 4 heterocycles. The van der Waals surface area contributed by atoms with Crippen molar-refractivity contribution >= 4 is 44.5 Å². The van der Waals surface area contributed by atoms with Gasteiger partial charge in [-0.2, -0.15) is 0 Å². The molecule has 0 unspecified atom stereocenters. The number of aliphatic hydroxyl groups is 1. The number of aliphatic imine (C=N–C) groups is 1. The Morgan fingerprint density at radius 1 is 1.26 bits per heavy atom. The zero-order valence-electron chi connectivity index (χ0n) is 14.5. The Morgan fingerprint density at radius 2 is 2.07 bits per heavy atom. The highest BCUT2D eigenvalue weighted by Crippen LogP contribution is 2.45. The first-order valence-corrected chi connectivity index (χ1v) is 9.39. The van der Waals surface area contributed by atoms with Crippen LogP contribution in [0.3, 0.4) is 0 Å². The summed E-state index contributed by atoms with van der Waals surface area (Å²) in [5.74, 6) is 0.226. The minimum absolute atomic E-state index is 0. The SMILES string of the molecule is C.Cc1sc2c(c1C)C(=O)[C@]1(O)CCN(c3ccc4ncccc4c3)C1=N2. The van der Waals surface area contributed by atoms with Crippen molar-refractivity contribution in [2.45, 2.75) is 33.3 Å². The van der Waals surface area contributed by atoms with Gasteiger partial charge < -0.3 is 10.0 Å². The fourth-order valence-electron chi connectivity index (χ4n) is 3.82. The molecule has 3 aromatic rings. The maximum absolute atomic E-state index is 13.1. The van der Waals surface area contributed by atoms with Crippen molar-refractivity contribution in [3.63, 3.8) is 0 Å². The average molecular weight is 379 g/mol. The molecule has 1 saturated heterocycles. The number of carbonyl (C=O) groups excluding carboxylic acids is 1. The van der Waals surface area contributed by atoms with Crippen molar-refractivity contribution < 1.29 is 9.90 Å². The molecular weight excluding hydrogens is 358 g/mol. The van der Waals surface area contributed by atoms with Crippen molar-refractivity contribution in [2.75, 3.05) is 11.4 Å². The lowest BCUT2D eigenvalue weighted by atomic mass is 9.88. The van der Waals surface area contributed by atoms with Gasteiger partial charge in [-0.25, -0.2) is 4.99 Å². The summed E-state index contributed by atoms with van der Waals surface area (Å²) in [4.78, 5) is 25.2. The van der Waals surface area contributed by atoms with Gasteiger partial charge in [-0.05, 0) is 43.7 Å². The summed E-state index contributed by atoms with van der Waals surface area (Å²) in [6, 6.07) is 9.86. The number of benzene rings is 1. The number of amidine groups is 1. The summed E-state index contributed by atoms with van der Waals surface area (Å²) in [5.41, 5.74) is 1.82. The first-order valence-electron chi connectivity index (χ1n) is 8.58. The summed E-state index contributed by atoms with van der Waals surface area (Å²) < 4.78 is 0. The molecule has 0 spiro atoms. The Labute approximate surface area is 162 Å². The second-order valence-electron chi connectivity index (χ2n) is 6.87. The van der Waals surface area contributed by atoms with Gasteiger partial charge >= 0.3 is 0 Å². The summed E-state index contributed by atoms with van der Waals surface area (Å²) in [6.45, 7) is 4.47. The maximum Gasteiger partial charge on any atom is 0.205 e. The quantitative estimate of drug-likeness (QED) is 0.680. The first kappa shape index (κ1) is 17.8. The minimum Gasteiger partial charge on any atom is -0.374 e. The number of hydrogen-bond acceptors (Lipinski definition) is 6. The van der Waals surface area contributed by atoms with E-state index in [0.29, 0.717) is 29.4 Å². The predicted molar refractivity (Wildman–Crippen MR) is 111 cm³/mol. The highest BCUT2D eigenvalue weighted by Gasteiger charge is 2.53. The topological polar surface area (TPSA) is 65.8 Å². The third-order valence-electron chi connectivity index (χ3n) is 5.40. The molecule has 1 fully saturated rings. The number of rotatable bonds is 1. The van der Waals surface area contributed by atoms with E-state index in [2.05, 4.69) is 4.98 Å². The van der Waals surface area contributed by atoms with Gasteiger partial charge in [0.2, 0.25) is 5.78 Å². The van der Waals surface area contributed by atoms with Crippen LogP contribution in [0.25, 0.3) is 10.9 Å². The average Bonchev–Trinajstić information content (AvgIpc) is 3.13. The summed E-state index contributed by atoms with van der Waals surface area (Å²) in [6.07, 6.45) is 2.12. The van der Waals surface area contributed by atoms with Crippen LogP contribution in [0.4, 0.5) is 10.7 Å². The number of thiophene rings is 1. The van der Waals surface area contributed by atoms with Gasteiger partial charge in [0, 0.05) is 35.1 Å². The molecule has 1 atom stereocenters. The number of fused-ring (bicyclic) bond motifs is 3. The molecule has 5 rings (SSSR count). The summed E-state index contributed by atoms with van der Waals surface area (Å²) in [5, 5.41) is 12.9. The van der Waals surface area contributed by atoms with Gasteiger partial charge in [-0.15, -0.1) is 11.3 Å². The van der Waals surface area contributed by atoms with Gasteiger partial charge in [0.1, 0.15) is 5.00 Å². The number of aryl methyl sites for hydroxylation is 1. The van der Waals surface area contributed by atoms with Crippen molar-refractivity contribution in [1.29, 1.82) is 0 Å². The summed E-state index contributed by atoms with van der Waals surface area (Å²) in [7, 11) is 0. The van der Waals surface area contributed by atoms with E-state index < -0.39 is 5.60 Å². The highest BCUT2D eigenvalue weighted by atomic mass is 32.1. The van der Waals surface area contributed by atoms with Gasteiger partial charge in [-0.3, -0.25) is 9.78 Å². The molecule has 5 nitrogen and oxygen atoms in total. The molecule has 0 aliphatic carbocycles. The molecule has 6 heteroatoms. The van der Waals surface area contributed by atoms with Gasteiger partial charge in [0.05, 0.1) is 11.1 Å². The highest BCUT2D eigenvalue weighted by molar-refractivity contribution is 7.16. The number of ketones is 1. The third-order valence-corrected chi connectivity index (χ3v) is 6.50. The molecule has 2 aliphatic rings. The number of aromatic nitrogens is 1. The van der Waals surface area contributed by atoms with E-state index in [1.165, 1.54) is 11.3 Å². The zero-order valence-corrected chi connectivity index (χ0v) is 15.3. The van der Waals surface area contributed by atoms with E-state index in [1.807, 2.05) is 49.1 Å². The molecule has 0 amide bonds. The van der Waals surface area contributed by atoms with Crippen LogP contribution in [0.5, 0.6) is 0 Å². The Bertz CT molecular complexity index is 1120. The Kier molecular flexibility index (Phi) is 3.94. The normalized spacial score (nSPS) is 20.9. The number of carbonyl (C=O) groups is 1. The molecule has 1 N–H and O–H groups in total. The van der Waals surface area contributed by atoms with Crippen LogP contribution in [-0.4, -0.2) is 33.9 Å². The van der Waals surface area contributed by atoms with Gasteiger partial charge in [-0.1, -0.05) is 13.5 Å². The number of anilines is 1. The molecule has 0 bridgehead atoms. The second-order valence-corrected chi connectivity index (χ2v) is 8.07. The number of Topliss-reactive ketones (excluding diaryl/α,β-unsaturated/α-hetero) is 1. The lowest BCUT2D eigenvalue weighted by Crippen LogP contribution is -2.48. The van der Waals surface area contributed by atoms with Crippen molar-refractivity contribution in [2.24, 2.45) is 4.99 Å². The molecule has 0 saturated carbocycles. The standard InChI is InChI=1S/C20H17N3O2S.CH4/c1-11-12(2)26-18-16(11)17(24)20(25)7-9-23(19(20)22-18)14-5-6-15-13(10-14)4-3-8-21-15;/h3-6,8,10,25H,7,9H2,1-2H3;1H4/t20-;/m1./s1. The number of nitrogens with zero attached hydrogens (tertiary/aromatic N) is 3. The van der Waals surface area contributed by atoms with Gasteiger partial charge in [0.15, 0.2) is 11.4 Å². The van der Waals surface area contributed by atoms with E-state index in [-0.39, 0.29) is 13.2 Å². The molecule has 27 heavy (non-hydrogen) atoms. The van der Waals surface area contributed by atoms with Gasteiger partial charge in [0.25, 0.3) is 0 Å². The molecule has 1 aromatic carbocycles. The number of hydrogen-bond donors (Lipinski definition) is 1. The van der Waals surface area contributed by atoms with Crippen LogP contribution in [-0.2, 0) is 0 Å². The van der Waals surface area contributed by atoms with Crippen molar-refractivity contribution in [3.8, 4) is 0 Å². The second kappa shape index (κ2) is 5.97. The van der Waals surface area contributed by atoms with Crippen LogP contribution in [0.1, 0.15) is 34.6 Å². The first-order chi connectivity index (χ1) is 12.5. The van der Waals surface area contributed by atoms with Crippen LogP contribution in [0.15, 0.2) is 41.5 Å². The predicted octanol–water partition coefficient (Wildman–Crippen LogP) is 4.42. The zero-order chi connectivity index (χ0) is 18.1. The minimum atomic E-state index is -1.53. The van der Waals surface area contributed by atoms with E-state index in [1.54, 1.807) is 6.20 Å². The molecule has 2 aromatic heterocycles. The van der Waals surface area contributed by atoms with Crippen molar-refractivity contribution in [3.05, 3.63) is 52.5 Å². The van der Waals surface area contributed by atoms with Crippen LogP contribution < -0.4 is 4.90 Å². The van der Waals surface area contributed by atoms with Crippen molar-refractivity contribution in [1.82, 2.24) is 4.98 Å². The molecule has 0 radical (unpaired) electrons. The molecule has 138 valence electrons. The molecule has 2 aliphatic heterocycles. The van der Waals surface area contributed by atoms with Crippen LogP contribution in [0.2, 0.25) is 0 Å². The van der Waals surface area contributed by atoms with E-state index >= 15 is 0 Å². The fourth-order valence-corrected chi connectivity index (χ4v) is 4.85. The smallest absolute Gasteiger partial charge is 0.205 e. The number of pyridine rings is 1. The lowest BCUT2D eigenvalue weighted by Gasteiger charge is -2.29. The third kappa shape index (κ3) is 2.37. The largest absolute Gasteiger partial charge is 0.374 e. The van der Waals surface area contributed by atoms with Crippen LogP contribution >= 0.6 is 11.3 Å².